The zero-order valence-electron chi connectivity index (χ0n) is 16.0. The summed E-state index contributed by atoms with van der Waals surface area (Å²) in [5.41, 5.74) is 1.61. The Bertz CT molecular complexity index is 1000. The van der Waals surface area contributed by atoms with Crippen molar-refractivity contribution in [2.24, 2.45) is 0 Å². The molecule has 3 N–H and O–H groups in total. The number of hydrogen-bond acceptors (Lipinski definition) is 7. The third kappa shape index (κ3) is 4.00. The van der Waals surface area contributed by atoms with E-state index in [1.54, 1.807) is 17.5 Å². The molecule has 3 aromatic rings. The number of ether oxygens (including phenoxy) is 2. The van der Waals surface area contributed by atoms with Crippen LogP contribution in [0.2, 0.25) is 0 Å². The molecule has 154 valence electrons. The molecule has 0 radical (unpaired) electrons. The number of rotatable bonds is 5. The van der Waals surface area contributed by atoms with Crippen LogP contribution in [0.4, 0.5) is 16.4 Å². The lowest BCUT2D eigenvalue weighted by molar-refractivity contribution is 0.0683. The number of carbonyl (C=O) groups is 1. The summed E-state index contributed by atoms with van der Waals surface area (Å²) in [5, 5.41) is 11.1. The van der Waals surface area contributed by atoms with Gasteiger partial charge in [0.05, 0.1) is 35.9 Å². The fourth-order valence-corrected chi connectivity index (χ4v) is 4.45. The van der Waals surface area contributed by atoms with Crippen LogP contribution >= 0.6 is 11.3 Å². The second-order valence-corrected chi connectivity index (χ2v) is 8.11. The quantitative estimate of drug-likeness (QED) is 0.584. The van der Waals surface area contributed by atoms with E-state index in [1.165, 1.54) is 0 Å². The number of fused-ring (bicyclic) bond motifs is 1. The predicted octanol–water partition coefficient (Wildman–Crippen LogP) is 2.97. The molecule has 0 aliphatic carbocycles. The Hall–Kier alpha value is -3.01. The lowest BCUT2D eigenvalue weighted by Gasteiger charge is -2.18. The number of hydrogen-bond donors (Lipinski definition) is 3. The lowest BCUT2D eigenvalue weighted by Crippen LogP contribution is -2.46. The fourth-order valence-electron chi connectivity index (χ4n) is 3.76. The van der Waals surface area contributed by atoms with Crippen LogP contribution in [0.1, 0.15) is 0 Å². The first-order chi connectivity index (χ1) is 14.8. The maximum atomic E-state index is 12.3. The number of thiophene rings is 1. The summed E-state index contributed by atoms with van der Waals surface area (Å²) >= 11 is 1.64. The Morgan fingerprint density at radius 1 is 1.00 bits per heavy atom. The normalized spacial score (nSPS) is 24.9. The summed E-state index contributed by atoms with van der Waals surface area (Å²) in [6, 6.07) is 14.7. The Labute approximate surface area is 177 Å². The minimum absolute atomic E-state index is 0.0856. The summed E-state index contributed by atoms with van der Waals surface area (Å²) < 4.78 is 11.9. The molecule has 5 rings (SSSR count). The third-order valence-electron chi connectivity index (χ3n) is 5.15. The van der Waals surface area contributed by atoms with E-state index < -0.39 is 0 Å². The maximum absolute atomic E-state index is 12.3. The SMILES string of the molecule is O=C(Nc1ccccc1)N[C@H]1CO[C@H]2[C@@H]1OC[C@@H]2Nc1nccc(-c2cccs2)n1. The van der Waals surface area contributed by atoms with E-state index in [1.807, 2.05) is 53.9 Å². The molecule has 8 nitrogen and oxygen atoms in total. The van der Waals surface area contributed by atoms with Crippen molar-refractivity contribution in [1.82, 2.24) is 15.3 Å². The van der Waals surface area contributed by atoms with Gasteiger partial charge < -0.3 is 25.4 Å². The average Bonchev–Trinajstić information content (AvgIpc) is 3.50. The number of anilines is 2. The van der Waals surface area contributed by atoms with Gasteiger partial charge in [0.25, 0.3) is 0 Å². The molecular formula is C21H21N5O3S. The Morgan fingerprint density at radius 2 is 1.80 bits per heavy atom. The molecule has 2 amide bonds. The molecule has 9 heteroatoms. The first-order valence-corrected chi connectivity index (χ1v) is 10.6. The molecule has 2 saturated heterocycles. The number of aromatic nitrogens is 2. The minimum Gasteiger partial charge on any atom is -0.371 e. The molecule has 4 heterocycles. The smallest absolute Gasteiger partial charge is 0.319 e. The largest absolute Gasteiger partial charge is 0.371 e. The van der Waals surface area contributed by atoms with Gasteiger partial charge in [-0.05, 0) is 29.6 Å². The molecule has 0 spiro atoms. The number of urea groups is 1. The monoisotopic (exact) mass is 423 g/mol. The fraction of sp³-hybridized carbons (Fsp3) is 0.286. The predicted molar refractivity (Wildman–Crippen MR) is 115 cm³/mol. The van der Waals surface area contributed by atoms with Crippen molar-refractivity contribution < 1.29 is 14.3 Å². The number of para-hydroxylation sites is 1. The van der Waals surface area contributed by atoms with Crippen LogP contribution in [0.5, 0.6) is 0 Å². The summed E-state index contributed by atoms with van der Waals surface area (Å²) in [4.78, 5) is 22.3. The number of carbonyl (C=O) groups excluding carboxylic acids is 1. The van der Waals surface area contributed by atoms with E-state index in [9.17, 15) is 4.79 Å². The van der Waals surface area contributed by atoms with E-state index in [0.29, 0.717) is 19.2 Å². The number of benzene rings is 1. The van der Waals surface area contributed by atoms with E-state index in [2.05, 4.69) is 25.9 Å². The molecule has 0 bridgehead atoms. The molecule has 0 unspecified atom stereocenters. The van der Waals surface area contributed by atoms with Gasteiger partial charge in [0.15, 0.2) is 0 Å². The van der Waals surface area contributed by atoms with Crippen molar-refractivity contribution in [3.05, 3.63) is 60.1 Å². The van der Waals surface area contributed by atoms with Gasteiger partial charge in [-0.15, -0.1) is 11.3 Å². The maximum Gasteiger partial charge on any atom is 0.319 e. The lowest BCUT2D eigenvalue weighted by atomic mass is 10.1. The standard InChI is InChI=1S/C21H21N5O3S/c27-21(23-13-5-2-1-3-6-13)26-16-12-29-18-15(11-28-19(16)18)25-20-22-9-8-14(24-20)17-7-4-10-30-17/h1-10,15-16,18-19H,11-12H2,(H,22,24,25)(H2,23,26,27)/t15-,16-,18+,19+/m0/s1. The summed E-state index contributed by atoms with van der Waals surface area (Å²) in [6.45, 7) is 0.853. The molecule has 2 aliphatic rings. The van der Waals surface area contributed by atoms with Gasteiger partial charge in [-0.1, -0.05) is 24.3 Å². The Kier molecular flexibility index (Phi) is 5.31. The molecule has 2 fully saturated rings. The second kappa shape index (κ2) is 8.39. The molecule has 0 saturated carbocycles. The molecule has 2 aliphatic heterocycles. The zero-order chi connectivity index (χ0) is 20.3. The van der Waals surface area contributed by atoms with Crippen molar-refractivity contribution in [1.29, 1.82) is 0 Å². The van der Waals surface area contributed by atoms with Crippen LogP contribution in [0.3, 0.4) is 0 Å². The van der Waals surface area contributed by atoms with Crippen LogP contribution in [0, 0.1) is 0 Å². The number of nitrogens with zero attached hydrogens (tertiary/aromatic N) is 2. The average molecular weight is 423 g/mol. The van der Waals surface area contributed by atoms with Gasteiger partial charge in [-0.2, -0.15) is 0 Å². The molecular weight excluding hydrogens is 402 g/mol. The van der Waals surface area contributed by atoms with Gasteiger partial charge in [0.1, 0.15) is 12.2 Å². The van der Waals surface area contributed by atoms with Crippen molar-refractivity contribution in [2.45, 2.75) is 24.3 Å². The zero-order valence-corrected chi connectivity index (χ0v) is 16.8. The van der Waals surface area contributed by atoms with Gasteiger partial charge in [-0.3, -0.25) is 0 Å². The molecule has 4 atom stereocenters. The highest BCUT2D eigenvalue weighted by Crippen LogP contribution is 2.29. The van der Waals surface area contributed by atoms with Crippen LogP contribution in [-0.2, 0) is 9.47 Å². The van der Waals surface area contributed by atoms with Gasteiger partial charge in [-0.25, -0.2) is 14.8 Å². The highest BCUT2D eigenvalue weighted by Gasteiger charge is 2.48. The van der Waals surface area contributed by atoms with Gasteiger partial charge in [0, 0.05) is 11.9 Å². The topological polar surface area (TPSA) is 97.4 Å². The number of amides is 2. The van der Waals surface area contributed by atoms with Crippen LogP contribution in [-0.4, -0.2) is 53.5 Å². The van der Waals surface area contributed by atoms with E-state index in [-0.39, 0.29) is 30.3 Å². The van der Waals surface area contributed by atoms with E-state index >= 15 is 0 Å². The van der Waals surface area contributed by atoms with Gasteiger partial charge >= 0.3 is 6.03 Å². The van der Waals surface area contributed by atoms with Crippen molar-refractivity contribution in [3.63, 3.8) is 0 Å². The molecule has 1 aromatic carbocycles. The highest BCUT2D eigenvalue weighted by molar-refractivity contribution is 7.13. The third-order valence-corrected chi connectivity index (χ3v) is 6.04. The molecule has 30 heavy (non-hydrogen) atoms. The number of nitrogens with one attached hydrogen (secondary N) is 3. The van der Waals surface area contributed by atoms with Crippen molar-refractivity contribution in [2.75, 3.05) is 23.8 Å². The first-order valence-electron chi connectivity index (χ1n) is 9.75. The summed E-state index contributed by atoms with van der Waals surface area (Å²) in [6.07, 6.45) is 1.34. The molecule has 2 aromatic heterocycles. The highest BCUT2D eigenvalue weighted by atomic mass is 32.1. The Morgan fingerprint density at radius 3 is 2.60 bits per heavy atom. The second-order valence-electron chi connectivity index (χ2n) is 7.16. The van der Waals surface area contributed by atoms with Crippen LogP contribution < -0.4 is 16.0 Å². The first kappa shape index (κ1) is 19.0. The Balaban J connectivity index is 1.20. The summed E-state index contributed by atoms with van der Waals surface area (Å²) in [7, 11) is 0. The van der Waals surface area contributed by atoms with Gasteiger partial charge in [0.2, 0.25) is 5.95 Å². The van der Waals surface area contributed by atoms with Crippen molar-refractivity contribution >= 4 is 29.0 Å². The van der Waals surface area contributed by atoms with Crippen LogP contribution in [0.25, 0.3) is 10.6 Å². The minimum atomic E-state index is -0.276. The van der Waals surface area contributed by atoms with Crippen LogP contribution in [0.15, 0.2) is 60.1 Å². The summed E-state index contributed by atoms with van der Waals surface area (Å²) in [5.74, 6) is 0.539. The van der Waals surface area contributed by atoms with E-state index in [0.717, 1.165) is 16.3 Å². The van der Waals surface area contributed by atoms with Crippen molar-refractivity contribution in [3.8, 4) is 10.6 Å². The van der Waals surface area contributed by atoms with E-state index in [4.69, 9.17) is 9.47 Å².